The minimum atomic E-state index is -0.664. The largest absolute Gasteiger partial charge is 0.459 e. The molecule has 5 heteroatoms. The Kier molecular flexibility index (Phi) is 5.43. The molecule has 1 aromatic heterocycles. The minimum absolute atomic E-state index is 0.0857. The van der Waals surface area contributed by atoms with Gasteiger partial charge in [0.15, 0.2) is 11.5 Å². The summed E-state index contributed by atoms with van der Waals surface area (Å²) in [6.07, 6.45) is 5.19. The Bertz CT molecular complexity index is 659. The molecule has 1 aromatic carbocycles. The summed E-state index contributed by atoms with van der Waals surface area (Å²) in [7, 11) is 0. The van der Waals surface area contributed by atoms with E-state index in [1.165, 1.54) is 6.26 Å². The zero-order valence-corrected chi connectivity index (χ0v) is 13.6. The molecule has 0 aliphatic carbocycles. The van der Waals surface area contributed by atoms with Crippen molar-refractivity contribution in [1.82, 2.24) is 10.2 Å². The van der Waals surface area contributed by atoms with Crippen molar-refractivity contribution in [2.24, 2.45) is 0 Å². The third-order valence-corrected chi connectivity index (χ3v) is 4.33. The fourth-order valence-electron chi connectivity index (χ4n) is 3.04. The van der Waals surface area contributed by atoms with E-state index in [4.69, 9.17) is 4.42 Å². The SMILES string of the molecule is O=C(N[C@@H](C(=O)c1ccccc1)N1CCCCCC1)c1ccco1. The van der Waals surface area contributed by atoms with Gasteiger partial charge in [0.1, 0.15) is 6.17 Å². The molecule has 0 saturated carbocycles. The van der Waals surface area contributed by atoms with Gasteiger partial charge in [-0.25, -0.2) is 0 Å². The van der Waals surface area contributed by atoms with E-state index < -0.39 is 6.17 Å². The van der Waals surface area contributed by atoms with E-state index in [1.807, 2.05) is 18.2 Å². The van der Waals surface area contributed by atoms with Crippen molar-refractivity contribution in [2.75, 3.05) is 13.1 Å². The molecule has 126 valence electrons. The van der Waals surface area contributed by atoms with E-state index in [0.717, 1.165) is 38.8 Å². The third kappa shape index (κ3) is 3.92. The summed E-state index contributed by atoms with van der Waals surface area (Å²) >= 11 is 0. The van der Waals surface area contributed by atoms with Crippen LogP contribution in [0.2, 0.25) is 0 Å². The zero-order chi connectivity index (χ0) is 16.8. The quantitative estimate of drug-likeness (QED) is 0.858. The zero-order valence-electron chi connectivity index (χ0n) is 13.6. The number of furan rings is 1. The maximum Gasteiger partial charge on any atom is 0.288 e. The van der Waals surface area contributed by atoms with Gasteiger partial charge < -0.3 is 9.73 Å². The molecule has 1 N–H and O–H groups in total. The summed E-state index contributed by atoms with van der Waals surface area (Å²) in [4.78, 5) is 27.4. The summed E-state index contributed by atoms with van der Waals surface area (Å²) in [5.74, 6) is -0.230. The molecule has 0 radical (unpaired) electrons. The molecular weight excluding hydrogens is 304 g/mol. The Morgan fingerprint density at radius 2 is 1.67 bits per heavy atom. The molecule has 24 heavy (non-hydrogen) atoms. The van der Waals surface area contributed by atoms with Crippen molar-refractivity contribution < 1.29 is 14.0 Å². The van der Waals surface area contributed by atoms with Gasteiger partial charge in [-0.3, -0.25) is 14.5 Å². The van der Waals surface area contributed by atoms with Gasteiger partial charge in [-0.05, 0) is 25.0 Å². The molecule has 0 spiro atoms. The monoisotopic (exact) mass is 326 g/mol. The van der Waals surface area contributed by atoms with E-state index in [9.17, 15) is 9.59 Å². The lowest BCUT2D eigenvalue weighted by atomic mass is 10.1. The maximum absolute atomic E-state index is 13.0. The summed E-state index contributed by atoms with van der Waals surface area (Å²) in [5, 5.41) is 2.86. The van der Waals surface area contributed by atoms with Gasteiger partial charge in [0.2, 0.25) is 0 Å². The molecule has 0 unspecified atom stereocenters. The number of hydrogen-bond acceptors (Lipinski definition) is 4. The smallest absolute Gasteiger partial charge is 0.288 e. The predicted octanol–water partition coefficient (Wildman–Crippen LogP) is 3.09. The van der Waals surface area contributed by atoms with Crippen molar-refractivity contribution in [3.8, 4) is 0 Å². The van der Waals surface area contributed by atoms with Crippen LogP contribution in [0.25, 0.3) is 0 Å². The van der Waals surface area contributed by atoms with E-state index in [2.05, 4.69) is 10.2 Å². The highest BCUT2D eigenvalue weighted by atomic mass is 16.3. The Morgan fingerprint density at radius 3 is 2.29 bits per heavy atom. The highest BCUT2D eigenvalue weighted by Crippen LogP contribution is 2.15. The number of ketones is 1. The molecule has 1 aliphatic rings. The number of benzene rings is 1. The number of nitrogens with zero attached hydrogens (tertiary/aromatic N) is 1. The Morgan fingerprint density at radius 1 is 0.958 bits per heavy atom. The minimum Gasteiger partial charge on any atom is -0.459 e. The average molecular weight is 326 g/mol. The van der Waals surface area contributed by atoms with Crippen LogP contribution in [-0.4, -0.2) is 35.8 Å². The summed E-state index contributed by atoms with van der Waals surface area (Å²) in [6.45, 7) is 1.61. The van der Waals surface area contributed by atoms with Crippen LogP contribution < -0.4 is 5.32 Å². The van der Waals surface area contributed by atoms with Crippen LogP contribution in [0.15, 0.2) is 53.1 Å². The van der Waals surface area contributed by atoms with E-state index in [0.29, 0.717) is 5.56 Å². The standard InChI is InChI=1S/C19H22N2O3/c22-17(15-9-4-3-5-10-15)18(21-12-6-1-2-7-13-21)20-19(23)16-11-8-14-24-16/h3-5,8-11,14,18H,1-2,6-7,12-13H2,(H,20,23)/t18-/m1/s1. The molecule has 1 fully saturated rings. The molecule has 2 aromatic rings. The molecule has 0 bridgehead atoms. The van der Waals surface area contributed by atoms with Crippen molar-refractivity contribution in [2.45, 2.75) is 31.8 Å². The van der Waals surface area contributed by atoms with Gasteiger partial charge in [0, 0.05) is 18.7 Å². The van der Waals surface area contributed by atoms with Gasteiger partial charge in [0.25, 0.3) is 5.91 Å². The first-order chi connectivity index (χ1) is 11.8. The average Bonchev–Trinajstić information content (AvgIpc) is 3.03. The van der Waals surface area contributed by atoms with Crippen molar-refractivity contribution in [3.63, 3.8) is 0 Å². The second kappa shape index (κ2) is 7.93. The molecule has 1 atom stereocenters. The van der Waals surface area contributed by atoms with Gasteiger partial charge in [-0.2, -0.15) is 0 Å². The second-order valence-electron chi connectivity index (χ2n) is 6.03. The molecular formula is C19H22N2O3. The maximum atomic E-state index is 13.0. The second-order valence-corrected chi connectivity index (χ2v) is 6.03. The van der Waals surface area contributed by atoms with Gasteiger partial charge in [0.05, 0.1) is 6.26 Å². The van der Waals surface area contributed by atoms with E-state index >= 15 is 0 Å². The lowest BCUT2D eigenvalue weighted by molar-refractivity contribution is 0.0682. The number of likely N-dealkylation sites (tertiary alicyclic amines) is 1. The Labute approximate surface area is 141 Å². The van der Waals surface area contributed by atoms with Crippen LogP contribution in [0, 0.1) is 0 Å². The van der Waals surface area contributed by atoms with Crippen LogP contribution in [0.1, 0.15) is 46.6 Å². The van der Waals surface area contributed by atoms with Crippen LogP contribution in [0.5, 0.6) is 0 Å². The summed E-state index contributed by atoms with van der Waals surface area (Å²) in [5.41, 5.74) is 0.603. The van der Waals surface area contributed by atoms with Gasteiger partial charge in [-0.15, -0.1) is 0 Å². The van der Waals surface area contributed by atoms with Gasteiger partial charge >= 0.3 is 0 Å². The van der Waals surface area contributed by atoms with Crippen LogP contribution in [0.4, 0.5) is 0 Å². The number of nitrogens with one attached hydrogen (secondary N) is 1. The summed E-state index contributed by atoms with van der Waals surface area (Å²) in [6, 6.07) is 12.4. The normalized spacial score (nSPS) is 17.0. The first kappa shape index (κ1) is 16.5. The number of hydrogen-bond donors (Lipinski definition) is 1. The molecule has 1 saturated heterocycles. The Balaban J connectivity index is 1.82. The Hall–Kier alpha value is -2.40. The van der Waals surface area contributed by atoms with E-state index in [-0.39, 0.29) is 17.5 Å². The fourth-order valence-corrected chi connectivity index (χ4v) is 3.04. The predicted molar refractivity (Wildman–Crippen MR) is 90.8 cm³/mol. The third-order valence-electron chi connectivity index (χ3n) is 4.33. The van der Waals surface area contributed by atoms with Gasteiger partial charge in [-0.1, -0.05) is 43.2 Å². The van der Waals surface area contributed by atoms with Crippen molar-refractivity contribution in [3.05, 3.63) is 60.1 Å². The van der Waals surface area contributed by atoms with Crippen LogP contribution >= 0.6 is 0 Å². The number of Topliss-reactive ketones (excluding diaryl/α,β-unsaturated/α-hetero) is 1. The fraction of sp³-hybridized carbons (Fsp3) is 0.368. The number of amides is 1. The first-order valence-corrected chi connectivity index (χ1v) is 8.43. The molecule has 1 aliphatic heterocycles. The van der Waals surface area contributed by atoms with Crippen LogP contribution in [0.3, 0.4) is 0 Å². The van der Waals surface area contributed by atoms with Crippen molar-refractivity contribution in [1.29, 1.82) is 0 Å². The lowest BCUT2D eigenvalue weighted by Gasteiger charge is -2.30. The first-order valence-electron chi connectivity index (χ1n) is 8.43. The van der Waals surface area contributed by atoms with Crippen LogP contribution in [-0.2, 0) is 0 Å². The summed E-state index contributed by atoms with van der Waals surface area (Å²) < 4.78 is 5.15. The lowest BCUT2D eigenvalue weighted by Crippen LogP contribution is -2.53. The number of carbonyl (C=O) groups excluding carboxylic acids is 2. The molecule has 5 nitrogen and oxygen atoms in total. The van der Waals surface area contributed by atoms with Crippen molar-refractivity contribution >= 4 is 11.7 Å². The van der Waals surface area contributed by atoms with E-state index in [1.54, 1.807) is 24.3 Å². The topological polar surface area (TPSA) is 62.6 Å². The highest BCUT2D eigenvalue weighted by molar-refractivity contribution is 6.03. The molecule has 1 amide bonds. The highest BCUT2D eigenvalue weighted by Gasteiger charge is 2.29. The molecule has 2 heterocycles. The molecule has 3 rings (SSSR count). The number of carbonyl (C=O) groups is 2. The number of rotatable bonds is 5.